The van der Waals surface area contributed by atoms with Gasteiger partial charge in [-0.05, 0) is 23.9 Å². The van der Waals surface area contributed by atoms with Gasteiger partial charge in [-0.2, -0.15) is 0 Å². The molecule has 0 atom stereocenters. The molecule has 1 aliphatic heterocycles. The molecule has 0 bridgehead atoms. The van der Waals surface area contributed by atoms with Crippen molar-refractivity contribution in [3.8, 4) is 11.3 Å². The highest BCUT2D eigenvalue weighted by molar-refractivity contribution is 9.09. The smallest absolute Gasteiger partial charge is 0.290 e. The zero-order valence-electron chi connectivity index (χ0n) is 14.0. The van der Waals surface area contributed by atoms with Gasteiger partial charge in [-0.3, -0.25) is 19.7 Å². The molecule has 2 heterocycles. The summed E-state index contributed by atoms with van der Waals surface area (Å²) in [5.74, 6) is 0.917. The van der Waals surface area contributed by atoms with Crippen molar-refractivity contribution in [2.75, 3.05) is 11.9 Å². The lowest BCUT2D eigenvalue weighted by Gasteiger charge is -1.95. The van der Waals surface area contributed by atoms with Crippen LogP contribution in [0.5, 0.6) is 0 Å². The summed E-state index contributed by atoms with van der Waals surface area (Å²) in [7, 11) is 0. The lowest BCUT2D eigenvalue weighted by molar-refractivity contribution is -0.119. The van der Waals surface area contributed by atoms with Gasteiger partial charge in [0.25, 0.3) is 11.1 Å². The Bertz CT molecular complexity index is 818. The molecule has 2 N–H and O–H groups in total. The topological polar surface area (TPSA) is 88.4 Å². The van der Waals surface area contributed by atoms with Gasteiger partial charge in [0.15, 0.2) is 0 Å². The summed E-state index contributed by atoms with van der Waals surface area (Å²) in [6.07, 6.45) is 1.57. The highest BCUT2D eigenvalue weighted by Crippen LogP contribution is 2.28. The first-order valence-electron chi connectivity index (χ1n) is 7.70. The molecular formula is C18H17BrN2O4S. The molecular weight excluding hydrogens is 420 g/mol. The Kier molecular flexibility index (Phi) is 7.68. The largest absolute Gasteiger partial charge is 0.457 e. The second kappa shape index (κ2) is 9.98. The first-order valence-corrected chi connectivity index (χ1v) is 9.64. The number of carbonyl (C=O) groups excluding carboxylic acids is 3. The van der Waals surface area contributed by atoms with Crippen LogP contribution in [-0.2, 0) is 9.59 Å². The third-order valence-corrected chi connectivity index (χ3v) is 4.28. The second-order valence-corrected chi connectivity index (χ2v) is 6.90. The van der Waals surface area contributed by atoms with Crippen LogP contribution in [0.25, 0.3) is 17.4 Å². The number of hydrogen-bond donors (Lipinski definition) is 2. The van der Waals surface area contributed by atoms with Crippen molar-refractivity contribution in [2.45, 2.75) is 6.92 Å². The van der Waals surface area contributed by atoms with Gasteiger partial charge in [-0.25, -0.2) is 0 Å². The van der Waals surface area contributed by atoms with Crippen LogP contribution in [0.3, 0.4) is 0 Å². The maximum atomic E-state index is 11.4. The Balaban J connectivity index is 0.000000298. The van der Waals surface area contributed by atoms with Gasteiger partial charge in [0.2, 0.25) is 5.91 Å². The Morgan fingerprint density at radius 1 is 1.23 bits per heavy atom. The van der Waals surface area contributed by atoms with Crippen LogP contribution in [-0.4, -0.2) is 28.9 Å². The van der Waals surface area contributed by atoms with Crippen LogP contribution < -0.4 is 10.6 Å². The molecule has 0 saturated carbocycles. The van der Waals surface area contributed by atoms with E-state index >= 15 is 0 Å². The maximum absolute atomic E-state index is 11.4. The van der Waals surface area contributed by atoms with Crippen LogP contribution >= 0.6 is 27.7 Å². The number of thioether (sulfide) groups is 1. The van der Waals surface area contributed by atoms with Crippen molar-refractivity contribution in [1.29, 1.82) is 0 Å². The van der Waals surface area contributed by atoms with Crippen LogP contribution in [0.1, 0.15) is 12.7 Å². The molecule has 2 aromatic rings. The fourth-order valence-corrected chi connectivity index (χ4v) is 2.82. The summed E-state index contributed by atoms with van der Waals surface area (Å²) < 4.78 is 5.63. The molecule has 0 spiro atoms. The molecule has 1 aromatic heterocycles. The fraction of sp³-hybridized carbons (Fsp3) is 0.167. The van der Waals surface area contributed by atoms with E-state index in [1.54, 1.807) is 12.1 Å². The van der Waals surface area contributed by atoms with Crippen molar-refractivity contribution < 1.29 is 18.8 Å². The summed E-state index contributed by atoms with van der Waals surface area (Å²) in [5, 5.41) is 5.28. The zero-order valence-corrected chi connectivity index (χ0v) is 16.4. The summed E-state index contributed by atoms with van der Waals surface area (Å²) in [6.45, 7) is 2.22. The van der Waals surface area contributed by atoms with Crippen molar-refractivity contribution >= 4 is 50.8 Å². The molecule has 0 radical (unpaired) electrons. The zero-order chi connectivity index (χ0) is 18.9. The molecule has 0 unspecified atom stereocenters. The Morgan fingerprint density at radius 2 is 1.96 bits per heavy atom. The average molecular weight is 437 g/mol. The van der Waals surface area contributed by atoms with E-state index in [0.29, 0.717) is 10.7 Å². The second-order valence-electron chi connectivity index (χ2n) is 5.09. The van der Waals surface area contributed by atoms with Crippen LogP contribution in [0, 0.1) is 0 Å². The minimum absolute atomic E-state index is 0.0273. The van der Waals surface area contributed by atoms with Gasteiger partial charge in [0.05, 0.1) is 4.91 Å². The van der Waals surface area contributed by atoms with Gasteiger partial charge in [0, 0.05) is 30.4 Å². The summed E-state index contributed by atoms with van der Waals surface area (Å²) >= 11 is 4.04. The lowest BCUT2D eigenvalue weighted by Crippen LogP contribution is -2.21. The quantitative estimate of drug-likeness (QED) is 0.562. The predicted octanol–water partition coefficient (Wildman–Crippen LogP) is 3.79. The minimum Gasteiger partial charge on any atom is -0.457 e. The average Bonchev–Trinajstić information content (AvgIpc) is 3.21. The number of amides is 3. The van der Waals surface area contributed by atoms with E-state index < -0.39 is 0 Å². The van der Waals surface area contributed by atoms with E-state index in [1.165, 1.54) is 6.92 Å². The van der Waals surface area contributed by atoms with Crippen LogP contribution in [0.4, 0.5) is 4.79 Å². The molecule has 1 saturated heterocycles. The number of alkyl halides is 1. The number of nitrogens with one attached hydrogen (secondary N) is 2. The molecule has 1 aliphatic rings. The first kappa shape index (κ1) is 20.0. The van der Waals surface area contributed by atoms with Gasteiger partial charge in [-0.1, -0.05) is 46.3 Å². The SMILES string of the molecule is CC(=O)NCCBr.O=C1NC(=O)/C(=C/c2ccc(-c3ccccc3)o2)S1. The summed E-state index contributed by atoms with van der Waals surface area (Å²) in [6, 6.07) is 13.3. The Labute approximate surface area is 163 Å². The van der Waals surface area contributed by atoms with Crippen molar-refractivity contribution in [3.63, 3.8) is 0 Å². The number of carbonyl (C=O) groups is 3. The molecule has 136 valence electrons. The maximum Gasteiger partial charge on any atom is 0.290 e. The number of hydrogen-bond acceptors (Lipinski definition) is 5. The molecule has 1 aromatic carbocycles. The normalized spacial score (nSPS) is 14.6. The van der Waals surface area contributed by atoms with Crippen LogP contribution in [0.15, 0.2) is 51.8 Å². The van der Waals surface area contributed by atoms with E-state index in [1.807, 2.05) is 36.4 Å². The van der Waals surface area contributed by atoms with Gasteiger partial charge in [-0.15, -0.1) is 0 Å². The fourth-order valence-electron chi connectivity index (χ4n) is 1.96. The third-order valence-electron chi connectivity index (χ3n) is 3.07. The lowest BCUT2D eigenvalue weighted by atomic mass is 10.2. The van der Waals surface area contributed by atoms with Gasteiger partial charge in [0.1, 0.15) is 11.5 Å². The molecule has 1 fully saturated rings. The number of furan rings is 1. The van der Waals surface area contributed by atoms with E-state index in [0.717, 1.165) is 35.0 Å². The highest BCUT2D eigenvalue weighted by atomic mass is 79.9. The van der Waals surface area contributed by atoms with E-state index in [-0.39, 0.29) is 17.1 Å². The molecule has 26 heavy (non-hydrogen) atoms. The number of benzene rings is 1. The summed E-state index contributed by atoms with van der Waals surface area (Å²) in [4.78, 5) is 32.9. The third kappa shape index (κ3) is 6.20. The van der Waals surface area contributed by atoms with Gasteiger partial charge < -0.3 is 9.73 Å². The molecule has 3 rings (SSSR count). The first-order chi connectivity index (χ1) is 12.5. The Hall–Kier alpha value is -2.32. The van der Waals surface area contributed by atoms with E-state index in [2.05, 4.69) is 26.6 Å². The van der Waals surface area contributed by atoms with Gasteiger partial charge >= 0.3 is 0 Å². The Morgan fingerprint density at radius 3 is 2.50 bits per heavy atom. The molecule has 0 aliphatic carbocycles. The number of halogens is 1. The molecule has 8 heteroatoms. The van der Waals surface area contributed by atoms with Crippen LogP contribution in [0.2, 0.25) is 0 Å². The van der Waals surface area contributed by atoms with E-state index in [4.69, 9.17) is 4.42 Å². The standard InChI is InChI=1S/C14H9NO3S.C4H8BrNO/c16-13-12(19-14(17)15-13)8-10-6-7-11(18-10)9-4-2-1-3-5-9;1-4(7)6-3-2-5/h1-8H,(H,15,16,17);2-3H2,1H3,(H,6,7)/b12-8-;. The monoisotopic (exact) mass is 436 g/mol. The van der Waals surface area contributed by atoms with Crippen molar-refractivity contribution in [2.24, 2.45) is 0 Å². The summed E-state index contributed by atoms with van der Waals surface area (Å²) in [5.41, 5.74) is 0.965. The number of imide groups is 1. The predicted molar refractivity (Wildman–Crippen MR) is 106 cm³/mol. The highest BCUT2D eigenvalue weighted by Gasteiger charge is 2.25. The minimum atomic E-state index is -0.382. The molecule has 6 nitrogen and oxygen atoms in total. The van der Waals surface area contributed by atoms with Crippen molar-refractivity contribution in [3.05, 3.63) is 53.1 Å². The van der Waals surface area contributed by atoms with Crippen molar-refractivity contribution in [1.82, 2.24) is 10.6 Å². The van der Waals surface area contributed by atoms with E-state index in [9.17, 15) is 14.4 Å². The molecule has 3 amide bonds. The number of rotatable bonds is 4.